The van der Waals surface area contributed by atoms with Crippen LogP contribution in [0.25, 0.3) is 22.2 Å². The molecular weight excluding hydrogens is 388 g/mol. The van der Waals surface area contributed by atoms with E-state index in [2.05, 4.69) is 25.5 Å². The number of nitrogens with zero attached hydrogens (tertiary/aromatic N) is 2. The molecule has 0 aliphatic heterocycles. The van der Waals surface area contributed by atoms with Crippen molar-refractivity contribution < 1.29 is 9.08 Å². The van der Waals surface area contributed by atoms with Crippen molar-refractivity contribution in [3.05, 3.63) is 52.5 Å². The topological polar surface area (TPSA) is 61.5 Å². The Hall–Kier alpha value is -1.63. The van der Waals surface area contributed by atoms with E-state index < -0.39 is 16.1 Å². The van der Waals surface area contributed by atoms with Crippen molar-refractivity contribution in [1.29, 1.82) is 0 Å². The highest BCUT2D eigenvalue weighted by atomic mass is 79.9. The smallest absolute Gasteiger partial charge is 0.168 e. The van der Waals surface area contributed by atoms with Gasteiger partial charge in [-0.3, -0.25) is 0 Å². The van der Waals surface area contributed by atoms with Gasteiger partial charge < -0.3 is 9.08 Å². The molecule has 1 atom stereocenters. The van der Waals surface area contributed by atoms with Gasteiger partial charge in [0.15, 0.2) is 5.58 Å². The first-order chi connectivity index (χ1) is 11.4. The van der Waals surface area contributed by atoms with Gasteiger partial charge in [0.25, 0.3) is 0 Å². The molecule has 0 bridgehead atoms. The fourth-order valence-electron chi connectivity index (χ4n) is 2.19. The second-order valence-corrected chi connectivity index (χ2v) is 9.20. The first-order valence-corrected chi connectivity index (χ1v) is 9.36. The summed E-state index contributed by atoms with van der Waals surface area (Å²) < 4.78 is 22.4. The Kier molecular flexibility index (Phi) is 4.80. The van der Waals surface area contributed by atoms with Crippen molar-refractivity contribution in [3.8, 4) is 11.3 Å². The summed E-state index contributed by atoms with van der Waals surface area (Å²) in [6, 6.07) is 13.5. The molecule has 6 heteroatoms. The van der Waals surface area contributed by atoms with Crippen LogP contribution < -0.4 is 0 Å². The molecule has 4 nitrogen and oxygen atoms in total. The average molecular weight is 405 g/mol. The number of fused-ring (bicyclic) bond motifs is 1. The standard InChI is InChI=1S/C18H17BrN2O2S/c1-18(2,3)24(22)20-11-12-6-4-5-7-14(12)17-15-9-8-13(19)10-16(15)23-21-17/h4-11H,1-3H3/t24-/m0/s1. The molecule has 2 aromatic carbocycles. The second-order valence-electron chi connectivity index (χ2n) is 6.35. The molecule has 0 amide bonds. The molecule has 1 heterocycles. The van der Waals surface area contributed by atoms with Crippen molar-refractivity contribution in [3.63, 3.8) is 0 Å². The molecule has 0 fully saturated rings. The number of aromatic nitrogens is 1. The number of halogens is 1. The van der Waals surface area contributed by atoms with E-state index in [1.807, 2.05) is 63.2 Å². The highest BCUT2D eigenvalue weighted by Crippen LogP contribution is 2.31. The molecule has 0 spiro atoms. The van der Waals surface area contributed by atoms with Crippen LogP contribution in [0.15, 0.2) is 55.9 Å². The van der Waals surface area contributed by atoms with Crippen LogP contribution in [0.1, 0.15) is 26.3 Å². The third kappa shape index (κ3) is 3.55. The molecule has 1 aromatic heterocycles. The lowest BCUT2D eigenvalue weighted by Gasteiger charge is -2.17. The van der Waals surface area contributed by atoms with Gasteiger partial charge in [-0.15, -0.1) is 0 Å². The number of benzene rings is 2. The molecule has 0 saturated carbocycles. The summed E-state index contributed by atoms with van der Waals surface area (Å²) in [5, 5.41) is 5.14. The van der Waals surface area contributed by atoms with E-state index in [1.165, 1.54) is 0 Å². The van der Waals surface area contributed by atoms with Gasteiger partial charge in [0.1, 0.15) is 21.8 Å². The summed E-state index contributed by atoms with van der Waals surface area (Å²) >= 11 is 2.13. The number of rotatable bonds is 3. The zero-order valence-electron chi connectivity index (χ0n) is 13.6. The van der Waals surface area contributed by atoms with Gasteiger partial charge in [-0.25, -0.2) is 0 Å². The number of hydrogen-bond acceptors (Lipinski definition) is 4. The van der Waals surface area contributed by atoms with Gasteiger partial charge >= 0.3 is 0 Å². The molecular formula is C18H17BrN2O2S. The molecule has 0 unspecified atom stereocenters. The van der Waals surface area contributed by atoms with Crippen molar-refractivity contribution in [2.24, 2.45) is 4.40 Å². The largest absolute Gasteiger partial charge is 0.591 e. The molecule has 3 rings (SSSR count). The maximum Gasteiger partial charge on any atom is 0.168 e. The van der Waals surface area contributed by atoms with Crippen molar-refractivity contribution in [2.75, 3.05) is 0 Å². The zero-order valence-corrected chi connectivity index (χ0v) is 16.0. The maximum atomic E-state index is 12.2. The van der Waals surface area contributed by atoms with Crippen LogP contribution in [0.2, 0.25) is 0 Å². The molecule has 0 N–H and O–H groups in total. The molecule has 0 saturated heterocycles. The summed E-state index contributed by atoms with van der Waals surface area (Å²) in [5.41, 5.74) is 3.21. The van der Waals surface area contributed by atoms with Gasteiger partial charge in [-0.05, 0) is 39.0 Å². The van der Waals surface area contributed by atoms with Crippen LogP contribution in [-0.4, -0.2) is 20.7 Å². The van der Waals surface area contributed by atoms with E-state index in [1.54, 1.807) is 6.21 Å². The van der Waals surface area contributed by atoms with Crippen molar-refractivity contribution in [2.45, 2.75) is 25.5 Å². The minimum absolute atomic E-state index is 0.391. The highest BCUT2D eigenvalue weighted by molar-refractivity contribution is 9.10. The lowest BCUT2D eigenvalue weighted by atomic mass is 10.0. The predicted molar refractivity (Wildman–Crippen MR) is 103 cm³/mol. The average Bonchev–Trinajstić information content (AvgIpc) is 2.94. The Bertz CT molecular complexity index is 899. The van der Waals surface area contributed by atoms with Crippen LogP contribution in [0, 0.1) is 0 Å². The third-order valence-corrected chi connectivity index (χ3v) is 5.30. The SMILES string of the molecule is CC(C)(C)[S@+]([O-])N=Cc1ccccc1-c1noc2cc(Br)ccc12. The fourth-order valence-corrected chi connectivity index (χ4v) is 3.06. The van der Waals surface area contributed by atoms with Crippen LogP contribution in [0.3, 0.4) is 0 Å². The Morgan fingerprint density at radius 1 is 1.21 bits per heavy atom. The molecule has 124 valence electrons. The van der Waals surface area contributed by atoms with Gasteiger partial charge in [-0.2, -0.15) is 0 Å². The van der Waals surface area contributed by atoms with E-state index in [-0.39, 0.29) is 0 Å². The lowest BCUT2D eigenvalue weighted by Crippen LogP contribution is -2.25. The molecule has 24 heavy (non-hydrogen) atoms. The Morgan fingerprint density at radius 3 is 2.71 bits per heavy atom. The van der Waals surface area contributed by atoms with Crippen molar-refractivity contribution in [1.82, 2.24) is 5.16 Å². The first kappa shape index (κ1) is 17.2. The summed E-state index contributed by atoms with van der Waals surface area (Å²) in [5.74, 6) is 0. The van der Waals surface area contributed by atoms with E-state index in [0.29, 0.717) is 5.58 Å². The Labute approximate surface area is 152 Å². The molecule has 0 radical (unpaired) electrons. The van der Waals surface area contributed by atoms with Crippen molar-refractivity contribution >= 4 is 44.5 Å². The summed E-state index contributed by atoms with van der Waals surface area (Å²) in [7, 11) is 0. The van der Waals surface area contributed by atoms with E-state index in [9.17, 15) is 4.55 Å². The predicted octanol–water partition coefficient (Wildman–Crippen LogP) is 5.14. The summed E-state index contributed by atoms with van der Waals surface area (Å²) in [6.07, 6.45) is 1.65. The number of hydrogen-bond donors (Lipinski definition) is 0. The minimum Gasteiger partial charge on any atom is -0.591 e. The maximum absolute atomic E-state index is 12.2. The van der Waals surface area contributed by atoms with Crippen LogP contribution >= 0.6 is 15.9 Å². The third-order valence-electron chi connectivity index (χ3n) is 3.46. The van der Waals surface area contributed by atoms with Gasteiger partial charge in [-0.1, -0.05) is 49.7 Å². The summed E-state index contributed by atoms with van der Waals surface area (Å²) in [6.45, 7) is 5.69. The Morgan fingerprint density at radius 2 is 1.96 bits per heavy atom. The Balaban J connectivity index is 2.04. The van der Waals surface area contributed by atoms with Crippen LogP contribution in [0.4, 0.5) is 0 Å². The van der Waals surface area contributed by atoms with Gasteiger partial charge in [0.05, 0.1) is 6.21 Å². The highest BCUT2D eigenvalue weighted by Gasteiger charge is 2.26. The normalized spacial score (nSPS) is 13.7. The van der Waals surface area contributed by atoms with Crippen LogP contribution in [-0.2, 0) is 11.4 Å². The fraction of sp³-hybridized carbons (Fsp3) is 0.222. The quantitative estimate of drug-likeness (QED) is 0.448. The lowest BCUT2D eigenvalue weighted by molar-refractivity contribution is 0.459. The molecule has 0 aliphatic carbocycles. The minimum atomic E-state index is -1.30. The van der Waals surface area contributed by atoms with Crippen LogP contribution in [0.5, 0.6) is 0 Å². The first-order valence-electron chi connectivity index (χ1n) is 7.46. The van der Waals surface area contributed by atoms with Gasteiger partial charge in [0, 0.05) is 21.0 Å². The molecule has 3 aromatic rings. The van der Waals surface area contributed by atoms with E-state index in [0.717, 1.165) is 26.7 Å². The summed E-state index contributed by atoms with van der Waals surface area (Å²) in [4.78, 5) is 0. The zero-order chi connectivity index (χ0) is 17.3. The second kappa shape index (κ2) is 6.70. The molecule has 0 aliphatic rings. The monoisotopic (exact) mass is 404 g/mol. The van der Waals surface area contributed by atoms with Gasteiger partial charge in [0.2, 0.25) is 0 Å². The van der Waals surface area contributed by atoms with E-state index >= 15 is 0 Å². The van der Waals surface area contributed by atoms with E-state index in [4.69, 9.17) is 4.52 Å².